The van der Waals surface area contributed by atoms with Crippen molar-refractivity contribution >= 4 is 17.4 Å². The molecule has 0 radical (unpaired) electrons. The molecule has 1 aromatic rings. The molecule has 108 valence electrons. The summed E-state index contributed by atoms with van der Waals surface area (Å²) in [6.07, 6.45) is 5.24. The van der Waals surface area contributed by atoms with E-state index >= 15 is 0 Å². The average molecular weight is 278 g/mol. The number of nitro groups is 1. The van der Waals surface area contributed by atoms with Gasteiger partial charge in [0, 0.05) is 26.2 Å². The Morgan fingerprint density at radius 2 is 2.15 bits per heavy atom. The lowest BCUT2D eigenvalue weighted by molar-refractivity contribution is -0.385. The SMILES string of the molecule is CNc1cc(C(=O)N(C)C2CCCC2)c([N+](=O)[O-])cn1. The van der Waals surface area contributed by atoms with E-state index in [9.17, 15) is 14.9 Å². The van der Waals surface area contributed by atoms with E-state index in [1.165, 1.54) is 6.07 Å². The van der Waals surface area contributed by atoms with E-state index in [-0.39, 0.29) is 23.2 Å². The van der Waals surface area contributed by atoms with Crippen molar-refractivity contribution in [2.75, 3.05) is 19.4 Å². The van der Waals surface area contributed by atoms with Gasteiger partial charge in [-0.2, -0.15) is 0 Å². The van der Waals surface area contributed by atoms with Gasteiger partial charge in [-0.05, 0) is 12.8 Å². The highest BCUT2D eigenvalue weighted by Crippen LogP contribution is 2.27. The van der Waals surface area contributed by atoms with Crippen LogP contribution in [0.3, 0.4) is 0 Å². The number of nitrogens with zero attached hydrogens (tertiary/aromatic N) is 3. The Morgan fingerprint density at radius 3 is 2.70 bits per heavy atom. The number of carbonyl (C=O) groups is 1. The molecule has 20 heavy (non-hydrogen) atoms. The summed E-state index contributed by atoms with van der Waals surface area (Å²) in [6.45, 7) is 0. The molecule has 0 bridgehead atoms. The molecule has 1 amide bonds. The highest BCUT2D eigenvalue weighted by Gasteiger charge is 2.29. The van der Waals surface area contributed by atoms with Crippen LogP contribution < -0.4 is 5.32 Å². The van der Waals surface area contributed by atoms with Gasteiger partial charge in [0.05, 0.1) is 4.92 Å². The zero-order chi connectivity index (χ0) is 14.7. The van der Waals surface area contributed by atoms with E-state index in [1.54, 1.807) is 19.0 Å². The predicted octanol–water partition coefficient (Wildman–Crippen LogP) is 2.05. The van der Waals surface area contributed by atoms with Crippen LogP contribution in [-0.4, -0.2) is 40.9 Å². The van der Waals surface area contributed by atoms with Gasteiger partial charge in [0.2, 0.25) is 0 Å². The lowest BCUT2D eigenvalue weighted by Crippen LogP contribution is -2.35. The number of hydrogen-bond acceptors (Lipinski definition) is 5. The summed E-state index contributed by atoms with van der Waals surface area (Å²) in [6, 6.07) is 1.61. The lowest BCUT2D eigenvalue weighted by Gasteiger charge is -2.24. The van der Waals surface area contributed by atoms with Crippen LogP contribution in [0.4, 0.5) is 11.5 Å². The molecular weight excluding hydrogens is 260 g/mol. The molecule has 0 atom stereocenters. The zero-order valence-electron chi connectivity index (χ0n) is 11.6. The zero-order valence-corrected chi connectivity index (χ0v) is 11.6. The molecular formula is C13H18N4O3. The molecule has 1 fully saturated rings. The third kappa shape index (κ3) is 2.71. The van der Waals surface area contributed by atoms with Gasteiger partial charge in [-0.25, -0.2) is 4.98 Å². The number of rotatable bonds is 4. The van der Waals surface area contributed by atoms with Crippen molar-refractivity contribution in [1.82, 2.24) is 9.88 Å². The Bertz CT molecular complexity index is 526. The summed E-state index contributed by atoms with van der Waals surface area (Å²) < 4.78 is 0. The molecule has 0 spiro atoms. The second kappa shape index (κ2) is 5.85. The van der Waals surface area contributed by atoms with Crippen LogP contribution in [0.2, 0.25) is 0 Å². The molecule has 2 rings (SSSR count). The highest BCUT2D eigenvalue weighted by atomic mass is 16.6. The van der Waals surface area contributed by atoms with Crippen LogP contribution in [0.15, 0.2) is 12.3 Å². The second-order valence-corrected chi connectivity index (χ2v) is 4.95. The van der Waals surface area contributed by atoms with E-state index < -0.39 is 4.92 Å². The summed E-state index contributed by atoms with van der Waals surface area (Å²) in [5, 5.41) is 13.8. The van der Waals surface area contributed by atoms with Crippen molar-refractivity contribution in [3.63, 3.8) is 0 Å². The van der Waals surface area contributed by atoms with E-state index in [1.807, 2.05) is 0 Å². The van der Waals surface area contributed by atoms with Crippen LogP contribution >= 0.6 is 0 Å². The normalized spacial score (nSPS) is 15.1. The van der Waals surface area contributed by atoms with Gasteiger partial charge in [0.1, 0.15) is 17.6 Å². The van der Waals surface area contributed by atoms with Crippen molar-refractivity contribution in [2.45, 2.75) is 31.7 Å². The fourth-order valence-electron chi connectivity index (χ4n) is 2.55. The maximum Gasteiger partial charge on any atom is 0.300 e. The number of hydrogen-bond donors (Lipinski definition) is 1. The molecule has 0 unspecified atom stereocenters. The van der Waals surface area contributed by atoms with Crippen molar-refractivity contribution in [1.29, 1.82) is 0 Å². The average Bonchev–Trinajstić information content (AvgIpc) is 2.99. The standard InChI is InChI=1S/C13H18N4O3/c1-14-12-7-10(11(8-15-12)17(19)20)13(18)16(2)9-5-3-4-6-9/h7-9H,3-6H2,1-2H3,(H,14,15). The number of pyridine rings is 1. The first-order valence-corrected chi connectivity index (χ1v) is 6.64. The Labute approximate surface area is 117 Å². The monoisotopic (exact) mass is 278 g/mol. The molecule has 0 aromatic carbocycles. The van der Waals surface area contributed by atoms with Gasteiger partial charge in [0.15, 0.2) is 0 Å². The fourth-order valence-corrected chi connectivity index (χ4v) is 2.55. The largest absolute Gasteiger partial charge is 0.373 e. The topological polar surface area (TPSA) is 88.4 Å². The quantitative estimate of drug-likeness (QED) is 0.672. The summed E-state index contributed by atoms with van der Waals surface area (Å²) in [7, 11) is 3.37. The van der Waals surface area contributed by atoms with Crippen LogP contribution in [0.25, 0.3) is 0 Å². The van der Waals surface area contributed by atoms with Crippen LogP contribution in [0, 0.1) is 10.1 Å². The van der Waals surface area contributed by atoms with Crippen molar-refractivity contribution in [3.8, 4) is 0 Å². The molecule has 7 nitrogen and oxygen atoms in total. The van der Waals surface area contributed by atoms with E-state index in [4.69, 9.17) is 0 Å². The van der Waals surface area contributed by atoms with Crippen molar-refractivity contribution in [2.24, 2.45) is 0 Å². The number of amides is 1. The first-order chi connectivity index (χ1) is 9.54. The Balaban J connectivity index is 2.33. The molecule has 1 N–H and O–H groups in total. The highest BCUT2D eigenvalue weighted by molar-refractivity contribution is 5.98. The molecule has 1 saturated carbocycles. The number of anilines is 1. The van der Waals surface area contributed by atoms with Gasteiger partial charge in [0.25, 0.3) is 11.6 Å². The maximum atomic E-state index is 12.5. The third-order valence-corrected chi connectivity index (χ3v) is 3.76. The van der Waals surface area contributed by atoms with Crippen LogP contribution in [0.5, 0.6) is 0 Å². The van der Waals surface area contributed by atoms with E-state index in [2.05, 4.69) is 10.3 Å². The fraction of sp³-hybridized carbons (Fsp3) is 0.538. The molecule has 1 aliphatic carbocycles. The summed E-state index contributed by atoms with van der Waals surface area (Å²) in [4.78, 5) is 28.5. The Morgan fingerprint density at radius 1 is 1.50 bits per heavy atom. The van der Waals surface area contributed by atoms with Gasteiger partial charge in [-0.3, -0.25) is 14.9 Å². The smallest absolute Gasteiger partial charge is 0.300 e. The minimum atomic E-state index is -0.567. The van der Waals surface area contributed by atoms with Gasteiger partial charge in [-0.15, -0.1) is 0 Å². The minimum absolute atomic E-state index is 0.0868. The van der Waals surface area contributed by atoms with Crippen LogP contribution in [-0.2, 0) is 0 Å². The van der Waals surface area contributed by atoms with Crippen molar-refractivity contribution < 1.29 is 9.72 Å². The summed E-state index contributed by atoms with van der Waals surface area (Å²) >= 11 is 0. The first kappa shape index (κ1) is 14.2. The van der Waals surface area contributed by atoms with Gasteiger partial charge < -0.3 is 10.2 Å². The Kier molecular flexibility index (Phi) is 4.16. The molecule has 1 aliphatic rings. The van der Waals surface area contributed by atoms with E-state index in [0.717, 1.165) is 31.9 Å². The van der Waals surface area contributed by atoms with E-state index in [0.29, 0.717) is 5.82 Å². The van der Waals surface area contributed by atoms with Crippen LogP contribution in [0.1, 0.15) is 36.0 Å². The summed E-state index contributed by atoms with van der Waals surface area (Å²) in [5.74, 6) is 0.126. The number of aromatic nitrogens is 1. The minimum Gasteiger partial charge on any atom is -0.373 e. The Hall–Kier alpha value is -2.18. The molecule has 0 aliphatic heterocycles. The van der Waals surface area contributed by atoms with Crippen molar-refractivity contribution in [3.05, 3.63) is 27.9 Å². The number of carbonyl (C=O) groups excluding carboxylic acids is 1. The molecule has 7 heteroatoms. The predicted molar refractivity (Wildman–Crippen MR) is 74.8 cm³/mol. The lowest BCUT2D eigenvalue weighted by atomic mass is 10.1. The molecule has 1 heterocycles. The van der Waals surface area contributed by atoms with Gasteiger partial charge >= 0.3 is 0 Å². The first-order valence-electron chi connectivity index (χ1n) is 6.64. The molecule has 1 aromatic heterocycles. The summed E-state index contributed by atoms with van der Waals surface area (Å²) in [5.41, 5.74) is -0.164. The maximum absolute atomic E-state index is 12.5. The van der Waals surface area contributed by atoms with Gasteiger partial charge in [-0.1, -0.05) is 12.8 Å². The second-order valence-electron chi connectivity index (χ2n) is 4.95. The number of nitrogens with one attached hydrogen (secondary N) is 1. The third-order valence-electron chi connectivity index (χ3n) is 3.76. The molecule has 0 saturated heterocycles.